The number of ether oxygens (including phenoxy) is 1. The number of fused-ring (bicyclic) bond motifs is 1. The second-order valence-corrected chi connectivity index (χ2v) is 6.47. The van der Waals surface area contributed by atoms with Crippen LogP contribution >= 0.6 is 0 Å². The third-order valence-electron chi connectivity index (χ3n) is 5.00. The van der Waals surface area contributed by atoms with Gasteiger partial charge < -0.3 is 9.64 Å². The summed E-state index contributed by atoms with van der Waals surface area (Å²) in [5.74, 6) is 0.576. The first kappa shape index (κ1) is 15.3. The molecule has 3 unspecified atom stereocenters. The van der Waals surface area contributed by atoms with E-state index in [2.05, 4.69) is 60.9 Å². The number of hydrogen-bond acceptors (Lipinski definition) is 4. The summed E-state index contributed by atoms with van der Waals surface area (Å²) in [7, 11) is 0. The molecule has 22 heavy (non-hydrogen) atoms. The second kappa shape index (κ2) is 6.29. The highest BCUT2D eigenvalue weighted by atomic mass is 16.5. The molecular formula is C18H27N3O. The normalized spacial score (nSPS) is 28.5. The highest BCUT2D eigenvalue weighted by molar-refractivity contribution is 5.82. The van der Waals surface area contributed by atoms with E-state index in [9.17, 15) is 0 Å². The Labute approximate surface area is 133 Å². The topological polar surface area (TPSA) is 28.1 Å². The average molecular weight is 301 g/mol. The van der Waals surface area contributed by atoms with Crippen LogP contribution in [0, 0.1) is 0 Å². The predicted octanol–water partition coefficient (Wildman–Crippen LogP) is 3.07. The highest BCUT2D eigenvalue weighted by Gasteiger charge is 2.31. The van der Waals surface area contributed by atoms with E-state index in [1.165, 1.54) is 16.8 Å². The monoisotopic (exact) mass is 301 g/mol. The second-order valence-electron chi connectivity index (χ2n) is 6.47. The van der Waals surface area contributed by atoms with E-state index < -0.39 is 0 Å². The van der Waals surface area contributed by atoms with Gasteiger partial charge in [-0.2, -0.15) is 5.10 Å². The summed E-state index contributed by atoms with van der Waals surface area (Å²) in [4.78, 5) is 2.49. The average Bonchev–Trinajstić information content (AvgIpc) is 2.76. The molecule has 0 aromatic heterocycles. The standard InChI is InChI=1S/C18H27N3O/c1-5-21-15(4)14(3)17-10-16(6-7-18(17)21)11-19-20-8-9-22-13(2)12-20/h6-7,10-11,13-15H,5,8-9,12H2,1-4H3/b19-11+. The van der Waals surface area contributed by atoms with Crippen molar-refractivity contribution in [3.05, 3.63) is 29.3 Å². The van der Waals surface area contributed by atoms with E-state index in [1.807, 2.05) is 6.21 Å². The van der Waals surface area contributed by atoms with E-state index >= 15 is 0 Å². The lowest BCUT2D eigenvalue weighted by atomic mass is 9.97. The molecule has 1 saturated heterocycles. The Hall–Kier alpha value is -1.55. The minimum absolute atomic E-state index is 0.268. The fourth-order valence-electron chi connectivity index (χ4n) is 3.54. The number of likely N-dealkylation sites (N-methyl/N-ethyl adjacent to an activating group) is 1. The third kappa shape index (κ3) is 2.84. The van der Waals surface area contributed by atoms with Crippen LogP contribution in [0.1, 0.15) is 44.7 Å². The molecule has 1 aromatic carbocycles. The highest BCUT2D eigenvalue weighted by Crippen LogP contribution is 2.40. The van der Waals surface area contributed by atoms with Crippen LogP contribution in [0.25, 0.3) is 0 Å². The number of rotatable bonds is 3. The van der Waals surface area contributed by atoms with Crippen LogP contribution in [0.3, 0.4) is 0 Å². The number of anilines is 1. The molecule has 2 heterocycles. The first-order chi connectivity index (χ1) is 10.6. The maximum absolute atomic E-state index is 5.55. The molecule has 0 N–H and O–H groups in total. The number of morpholine rings is 1. The summed E-state index contributed by atoms with van der Waals surface area (Å²) in [5.41, 5.74) is 4.03. The van der Waals surface area contributed by atoms with Crippen LogP contribution in [0.15, 0.2) is 23.3 Å². The maximum Gasteiger partial charge on any atom is 0.0739 e. The number of nitrogens with zero attached hydrogens (tertiary/aromatic N) is 3. The summed E-state index contributed by atoms with van der Waals surface area (Å²) in [5, 5.41) is 6.73. The Bertz CT molecular complexity index is 557. The lowest BCUT2D eigenvalue weighted by Crippen LogP contribution is -2.37. The van der Waals surface area contributed by atoms with Gasteiger partial charge in [-0.3, -0.25) is 5.01 Å². The molecule has 0 spiro atoms. The summed E-state index contributed by atoms with van der Waals surface area (Å²) < 4.78 is 5.55. The number of hydrogen-bond donors (Lipinski definition) is 0. The fraction of sp³-hybridized carbons (Fsp3) is 0.611. The van der Waals surface area contributed by atoms with E-state index in [0.717, 1.165) is 26.2 Å². The first-order valence-corrected chi connectivity index (χ1v) is 8.41. The maximum atomic E-state index is 5.55. The van der Waals surface area contributed by atoms with Gasteiger partial charge in [0.15, 0.2) is 0 Å². The SMILES string of the molecule is CCN1c2ccc(/C=N/N3CCOC(C)C3)cc2C(C)C1C. The molecule has 1 aromatic rings. The molecule has 0 aliphatic carbocycles. The number of hydrazone groups is 1. The van der Waals surface area contributed by atoms with Crippen molar-refractivity contribution < 1.29 is 4.74 Å². The Morgan fingerprint density at radius 1 is 1.32 bits per heavy atom. The summed E-state index contributed by atoms with van der Waals surface area (Å²) in [6.07, 6.45) is 2.26. The van der Waals surface area contributed by atoms with E-state index in [-0.39, 0.29) is 6.10 Å². The Morgan fingerprint density at radius 2 is 2.14 bits per heavy atom. The molecule has 0 saturated carbocycles. The predicted molar refractivity (Wildman–Crippen MR) is 91.9 cm³/mol. The molecule has 1 fully saturated rings. The molecule has 2 aliphatic heterocycles. The summed E-state index contributed by atoms with van der Waals surface area (Å²) >= 11 is 0. The van der Waals surface area contributed by atoms with Crippen LogP contribution in [0.4, 0.5) is 5.69 Å². The lowest BCUT2D eigenvalue weighted by Gasteiger charge is -2.28. The molecule has 4 heteroatoms. The minimum Gasteiger partial charge on any atom is -0.375 e. The third-order valence-corrected chi connectivity index (χ3v) is 5.00. The molecule has 0 radical (unpaired) electrons. The van der Waals surface area contributed by atoms with E-state index in [1.54, 1.807) is 0 Å². The molecule has 0 amide bonds. The van der Waals surface area contributed by atoms with Gasteiger partial charge in [0, 0.05) is 24.2 Å². The molecule has 3 atom stereocenters. The van der Waals surface area contributed by atoms with E-state index in [0.29, 0.717) is 12.0 Å². The van der Waals surface area contributed by atoms with Crippen molar-refractivity contribution in [1.29, 1.82) is 0 Å². The molecule has 2 aliphatic rings. The lowest BCUT2D eigenvalue weighted by molar-refractivity contribution is -0.0170. The van der Waals surface area contributed by atoms with Crippen molar-refractivity contribution in [2.75, 3.05) is 31.1 Å². The van der Waals surface area contributed by atoms with Crippen LogP contribution in [0.5, 0.6) is 0 Å². The largest absolute Gasteiger partial charge is 0.375 e. The van der Waals surface area contributed by atoms with Gasteiger partial charge in [0.05, 0.1) is 32.0 Å². The van der Waals surface area contributed by atoms with Gasteiger partial charge in [0.1, 0.15) is 0 Å². The Kier molecular flexibility index (Phi) is 4.39. The van der Waals surface area contributed by atoms with Crippen molar-refractivity contribution >= 4 is 11.9 Å². The zero-order valence-corrected chi connectivity index (χ0v) is 14.1. The zero-order chi connectivity index (χ0) is 15.7. The van der Waals surface area contributed by atoms with Gasteiger partial charge in [-0.05, 0) is 44.0 Å². The molecular weight excluding hydrogens is 274 g/mol. The van der Waals surface area contributed by atoms with Crippen molar-refractivity contribution in [2.45, 2.75) is 45.8 Å². The first-order valence-electron chi connectivity index (χ1n) is 8.41. The van der Waals surface area contributed by atoms with Crippen molar-refractivity contribution in [3.63, 3.8) is 0 Å². The quantitative estimate of drug-likeness (QED) is 0.803. The fourth-order valence-corrected chi connectivity index (χ4v) is 3.54. The summed E-state index contributed by atoms with van der Waals surface area (Å²) in [6.45, 7) is 12.6. The van der Waals surface area contributed by atoms with Gasteiger partial charge in [-0.15, -0.1) is 0 Å². The van der Waals surface area contributed by atoms with Crippen LogP contribution in [-0.2, 0) is 4.74 Å². The van der Waals surface area contributed by atoms with Crippen LogP contribution < -0.4 is 4.90 Å². The Morgan fingerprint density at radius 3 is 2.86 bits per heavy atom. The zero-order valence-electron chi connectivity index (χ0n) is 14.1. The van der Waals surface area contributed by atoms with Crippen molar-refractivity contribution in [2.24, 2.45) is 5.10 Å². The van der Waals surface area contributed by atoms with Crippen LogP contribution in [0.2, 0.25) is 0 Å². The number of benzene rings is 1. The van der Waals surface area contributed by atoms with E-state index in [4.69, 9.17) is 4.74 Å². The smallest absolute Gasteiger partial charge is 0.0739 e. The van der Waals surface area contributed by atoms with Gasteiger partial charge >= 0.3 is 0 Å². The molecule has 0 bridgehead atoms. The van der Waals surface area contributed by atoms with Gasteiger partial charge in [0.2, 0.25) is 0 Å². The van der Waals surface area contributed by atoms with Gasteiger partial charge in [-0.25, -0.2) is 0 Å². The van der Waals surface area contributed by atoms with Crippen molar-refractivity contribution in [1.82, 2.24) is 5.01 Å². The molecule has 120 valence electrons. The van der Waals surface area contributed by atoms with Crippen LogP contribution in [-0.4, -0.2) is 49.6 Å². The Balaban J connectivity index is 1.77. The minimum atomic E-state index is 0.268. The molecule has 4 nitrogen and oxygen atoms in total. The summed E-state index contributed by atoms with van der Waals surface area (Å²) in [6, 6.07) is 7.31. The van der Waals surface area contributed by atoms with Gasteiger partial charge in [0.25, 0.3) is 0 Å². The molecule has 3 rings (SSSR count). The van der Waals surface area contributed by atoms with Crippen molar-refractivity contribution in [3.8, 4) is 0 Å². The van der Waals surface area contributed by atoms with Gasteiger partial charge in [-0.1, -0.05) is 13.0 Å².